The predicted molar refractivity (Wildman–Crippen MR) is 132 cm³/mol. The molecule has 0 heterocycles. The lowest BCUT2D eigenvalue weighted by Gasteiger charge is -2.21. The summed E-state index contributed by atoms with van der Waals surface area (Å²) >= 11 is 0. The number of carbonyl (C=O) groups is 2. The lowest BCUT2D eigenvalue weighted by Crippen LogP contribution is -2.47. The molecule has 2 atom stereocenters. The summed E-state index contributed by atoms with van der Waals surface area (Å²) in [6.45, 7) is 2.53. The van der Waals surface area contributed by atoms with E-state index in [1.165, 1.54) is 29.4 Å². The number of nitrogens with one attached hydrogen (secondary N) is 2. The highest BCUT2D eigenvalue weighted by Crippen LogP contribution is 2.44. The maximum Gasteiger partial charge on any atom is 0.407 e. The maximum absolute atomic E-state index is 12.5. The number of fused-ring (bicyclic) bond motifs is 3. The van der Waals surface area contributed by atoms with E-state index in [9.17, 15) is 9.59 Å². The zero-order valence-electron chi connectivity index (χ0n) is 19.5. The van der Waals surface area contributed by atoms with Gasteiger partial charge in [0.1, 0.15) is 12.6 Å². The molecule has 4 rings (SSSR count). The van der Waals surface area contributed by atoms with Crippen molar-refractivity contribution < 1.29 is 19.1 Å². The smallest absolute Gasteiger partial charge is 0.407 e. The number of alkyl carbamates (subject to hydrolysis) is 1. The van der Waals surface area contributed by atoms with E-state index in [1.54, 1.807) is 0 Å². The Morgan fingerprint density at radius 1 is 0.882 bits per heavy atom. The van der Waals surface area contributed by atoms with Gasteiger partial charge in [-0.25, -0.2) is 4.79 Å². The molecule has 3 aromatic rings. The summed E-state index contributed by atoms with van der Waals surface area (Å²) in [5.41, 5.74) is 5.76. The van der Waals surface area contributed by atoms with Gasteiger partial charge in [-0.15, -0.1) is 0 Å². The molecule has 2 N–H and O–H groups in total. The molecule has 176 valence electrons. The van der Waals surface area contributed by atoms with Crippen molar-refractivity contribution in [3.8, 4) is 11.1 Å². The summed E-state index contributed by atoms with van der Waals surface area (Å²) < 4.78 is 10.5. The Morgan fingerprint density at radius 3 is 2.09 bits per heavy atom. The van der Waals surface area contributed by atoms with Crippen molar-refractivity contribution in [3.63, 3.8) is 0 Å². The van der Waals surface area contributed by atoms with E-state index in [1.807, 2.05) is 61.5 Å². The van der Waals surface area contributed by atoms with Crippen molar-refractivity contribution in [1.82, 2.24) is 10.6 Å². The third kappa shape index (κ3) is 5.46. The summed E-state index contributed by atoms with van der Waals surface area (Å²) in [7, 11) is 1.38. The van der Waals surface area contributed by atoms with Crippen LogP contribution >= 0.6 is 0 Å². The Kier molecular flexibility index (Phi) is 7.60. The van der Waals surface area contributed by atoms with Gasteiger partial charge in [0.15, 0.2) is 0 Å². The fraction of sp³-hybridized carbons (Fsp3) is 0.286. The zero-order chi connectivity index (χ0) is 23.9. The van der Waals surface area contributed by atoms with Crippen LogP contribution in [0.5, 0.6) is 0 Å². The van der Waals surface area contributed by atoms with E-state index in [2.05, 4.69) is 34.9 Å². The fourth-order valence-corrected chi connectivity index (χ4v) is 4.44. The molecule has 34 heavy (non-hydrogen) atoms. The second-order valence-corrected chi connectivity index (χ2v) is 8.54. The molecule has 0 unspecified atom stereocenters. The lowest BCUT2D eigenvalue weighted by atomic mass is 9.98. The van der Waals surface area contributed by atoms with Crippen molar-refractivity contribution in [1.29, 1.82) is 0 Å². The number of hydrogen-bond acceptors (Lipinski definition) is 5. The minimum Gasteiger partial charge on any atom is -0.468 e. The van der Waals surface area contributed by atoms with Gasteiger partial charge in [-0.05, 0) is 41.2 Å². The number of methoxy groups -OCH3 is 1. The summed E-state index contributed by atoms with van der Waals surface area (Å²) in [5.74, 6) is -0.321. The number of amides is 1. The molecule has 0 spiro atoms. The van der Waals surface area contributed by atoms with Crippen LogP contribution in [0.3, 0.4) is 0 Å². The van der Waals surface area contributed by atoms with E-state index in [0.29, 0.717) is 13.0 Å². The molecule has 0 saturated heterocycles. The Bertz CT molecular complexity index is 1090. The first kappa shape index (κ1) is 23.5. The molecule has 1 amide bonds. The first-order chi connectivity index (χ1) is 16.6. The average molecular weight is 459 g/mol. The molecule has 0 aliphatic heterocycles. The molecule has 6 heteroatoms. The van der Waals surface area contributed by atoms with Crippen LogP contribution in [0, 0.1) is 0 Å². The van der Waals surface area contributed by atoms with Crippen molar-refractivity contribution in [3.05, 3.63) is 95.6 Å². The highest BCUT2D eigenvalue weighted by molar-refractivity contribution is 5.79. The molecular weight excluding hydrogens is 428 g/mol. The van der Waals surface area contributed by atoms with Gasteiger partial charge in [-0.1, -0.05) is 78.9 Å². The van der Waals surface area contributed by atoms with Gasteiger partial charge in [0.2, 0.25) is 0 Å². The van der Waals surface area contributed by atoms with Crippen LogP contribution in [0.1, 0.15) is 29.5 Å². The molecule has 0 bridgehead atoms. The molecule has 6 nitrogen and oxygen atoms in total. The largest absolute Gasteiger partial charge is 0.468 e. The Morgan fingerprint density at radius 2 is 1.47 bits per heavy atom. The minimum atomic E-state index is -0.501. The van der Waals surface area contributed by atoms with Crippen LogP contribution in [0.2, 0.25) is 0 Å². The third-order valence-electron chi connectivity index (χ3n) is 6.15. The van der Waals surface area contributed by atoms with Crippen LogP contribution in [0.25, 0.3) is 11.1 Å². The summed E-state index contributed by atoms with van der Waals surface area (Å²) in [5, 5.41) is 6.05. The van der Waals surface area contributed by atoms with Gasteiger partial charge < -0.3 is 20.1 Å². The van der Waals surface area contributed by atoms with Crippen molar-refractivity contribution >= 4 is 12.1 Å². The number of esters is 1. The summed E-state index contributed by atoms with van der Waals surface area (Å²) in [6.07, 6.45) is 0.0272. The van der Waals surface area contributed by atoms with Gasteiger partial charge in [-0.2, -0.15) is 0 Å². The molecule has 1 aliphatic carbocycles. The molecule has 0 radical (unpaired) electrons. The first-order valence-corrected chi connectivity index (χ1v) is 11.5. The minimum absolute atomic E-state index is 0.0150. The molecular formula is C28H30N2O4. The highest BCUT2D eigenvalue weighted by atomic mass is 16.5. The number of hydrogen-bond donors (Lipinski definition) is 2. The van der Waals surface area contributed by atoms with E-state index >= 15 is 0 Å². The van der Waals surface area contributed by atoms with Gasteiger partial charge in [0, 0.05) is 18.5 Å². The fourth-order valence-electron chi connectivity index (χ4n) is 4.44. The standard InChI is InChI=1S/C28H30N2O4/c1-19(17-29-26(27(31)33-2)16-20-10-4-3-5-11-20)30-28(32)34-18-25-23-14-8-6-12-21(23)22-13-7-9-15-24(22)25/h3-15,19,25-26,29H,16-18H2,1-2H3,(H,30,32)/t19-,26-/m0/s1. The van der Waals surface area contributed by atoms with Crippen LogP contribution < -0.4 is 10.6 Å². The zero-order valence-corrected chi connectivity index (χ0v) is 19.5. The van der Waals surface area contributed by atoms with Crippen LogP contribution in [-0.4, -0.2) is 44.4 Å². The normalized spacial score (nSPS) is 13.9. The third-order valence-corrected chi connectivity index (χ3v) is 6.15. The van der Waals surface area contributed by atoms with Gasteiger partial charge in [0.25, 0.3) is 0 Å². The Balaban J connectivity index is 1.30. The van der Waals surface area contributed by atoms with Crippen LogP contribution in [0.4, 0.5) is 4.79 Å². The van der Waals surface area contributed by atoms with Gasteiger partial charge in [0.05, 0.1) is 7.11 Å². The number of carbonyl (C=O) groups excluding carboxylic acids is 2. The highest BCUT2D eigenvalue weighted by Gasteiger charge is 2.29. The average Bonchev–Trinajstić information content (AvgIpc) is 3.19. The van der Waals surface area contributed by atoms with E-state index in [4.69, 9.17) is 9.47 Å². The SMILES string of the molecule is COC(=O)[C@H](Cc1ccccc1)NC[C@H](C)NC(=O)OCC1c2ccccc2-c2ccccc21. The second-order valence-electron chi connectivity index (χ2n) is 8.54. The molecule has 3 aromatic carbocycles. The summed E-state index contributed by atoms with van der Waals surface area (Å²) in [4.78, 5) is 24.7. The van der Waals surface area contributed by atoms with E-state index in [-0.39, 0.29) is 24.5 Å². The topological polar surface area (TPSA) is 76.7 Å². The monoisotopic (exact) mass is 458 g/mol. The maximum atomic E-state index is 12.5. The lowest BCUT2D eigenvalue weighted by molar-refractivity contribution is -0.143. The first-order valence-electron chi connectivity index (χ1n) is 11.5. The summed E-state index contributed by atoms with van der Waals surface area (Å²) in [6, 6.07) is 25.5. The Hall–Kier alpha value is -3.64. The second kappa shape index (κ2) is 11.0. The van der Waals surface area contributed by atoms with Crippen molar-refractivity contribution in [2.45, 2.75) is 31.3 Å². The van der Waals surface area contributed by atoms with Gasteiger partial charge >= 0.3 is 12.1 Å². The van der Waals surface area contributed by atoms with Gasteiger partial charge in [-0.3, -0.25) is 4.79 Å². The van der Waals surface area contributed by atoms with Crippen molar-refractivity contribution in [2.24, 2.45) is 0 Å². The molecule has 1 aliphatic rings. The van der Waals surface area contributed by atoms with Crippen LogP contribution in [0.15, 0.2) is 78.9 Å². The number of ether oxygens (including phenoxy) is 2. The van der Waals surface area contributed by atoms with Crippen LogP contribution in [-0.2, 0) is 20.7 Å². The molecule has 0 saturated carbocycles. The predicted octanol–water partition coefficient (Wildman–Crippen LogP) is 4.29. The van der Waals surface area contributed by atoms with Crippen molar-refractivity contribution in [2.75, 3.05) is 20.3 Å². The quantitative estimate of drug-likeness (QED) is 0.468. The molecule has 0 aromatic heterocycles. The van der Waals surface area contributed by atoms with E-state index < -0.39 is 12.1 Å². The van der Waals surface area contributed by atoms with E-state index in [0.717, 1.165) is 5.56 Å². The Labute approximate surface area is 200 Å². The number of rotatable bonds is 9. The number of benzene rings is 3. The molecule has 0 fully saturated rings.